The third kappa shape index (κ3) is 3.18. The quantitative estimate of drug-likeness (QED) is 0.283. The fourth-order valence-corrected chi connectivity index (χ4v) is 3.12. The number of ether oxygens (including phenoxy) is 1. The lowest BCUT2D eigenvalue weighted by molar-refractivity contribution is 0.0730. The van der Waals surface area contributed by atoms with Crippen LogP contribution in [0.1, 0.15) is 15.9 Å². The number of fused-ring (bicyclic) bond motifs is 1. The zero-order chi connectivity index (χ0) is 19.7. The molecule has 0 saturated heterocycles. The number of carbonyl (C=O) groups is 1. The minimum Gasteiger partial charge on any atom is -0.423 e. The van der Waals surface area contributed by atoms with E-state index in [1.165, 1.54) is 24.3 Å². The van der Waals surface area contributed by atoms with Crippen LogP contribution in [0.25, 0.3) is 22.1 Å². The number of benzene rings is 3. The van der Waals surface area contributed by atoms with Crippen LogP contribution in [0.4, 0.5) is 4.39 Å². The van der Waals surface area contributed by atoms with Gasteiger partial charge in [-0.3, -0.25) is 0 Å². The number of carbonyl (C=O) groups excluding carboxylic acids is 1. The summed E-state index contributed by atoms with van der Waals surface area (Å²) in [5, 5.41) is 0.636. The van der Waals surface area contributed by atoms with Crippen LogP contribution in [-0.4, -0.2) is 5.97 Å². The highest BCUT2D eigenvalue weighted by Crippen LogP contribution is 2.29. The maximum absolute atomic E-state index is 13.8. The molecule has 138 valence electrons. The highest BCUT2D eigenvalue weighted by atomic mass is 19.1. The predicted octanol–water partition coefficient (Wildman–Crippen LogP) is 5.13. The summed E-state index contributed by atoms with van der Waals surface area (Å²) in [7, 11) is 0. The molecule has 0 saturated carbocycles. The Balaban J connectivity index is 1.78. The summed E-state index contributed by atoms with van der Waals surface area (Å²) < 4.78 is 24.6. The van der Waals surface area contributed by atoms with Gasteiger partial charge in [0.2, 0.25) is 0 Å². The monoisotopic (exact) mass is 374 g/mol. The Morgan fingerprint density at radius 3 is 2.43 bits per heavy atom. The smallest absolute Gasteiger partial charge is 0.346 e. The summed E-state index contributed by atoms with van der Waals surface area (Å²) in [5.41, 5.74) is 1.69. The lowest BCUT2D eigenvalue weighted by Gasteiger charge is -2.10. The van der Waals surface area contributed by atoms with Crippen LogP contribution >= 0.6 is 0 Å². The normalized spacial score (nSPS) is 10.8. The van der Waals surface area contributed by atoms with E-state index in [-0.39, 0.29) is 11.3 Å². The number of halogens is 1. The highest BCUT2D eigenvalue weighted by molar-refractivity contribution is 5.93. The maximum Gasteiger partial charge on any atom is 0.346 e. The molecule has 0 spiro atoms. The van der Waals surface area contributed by atoms with E-state index in [2.05, 4.69) is 0 Å². The van der Waals surface area contributed by atoms with E-state index in [1.54, 1.807) is 18.2 Å². The second-order valence-corrected chi connectivity index (χ2v) is 6.28. The van der Waals surface area contributed by atoms with Gasteiger partial charge in [0.15, 0.2) is 0 Å². The van der Waals surface area contributed by atoms with Crippen LogP contribution in [0.15, 0.2) is 82.0 Å². The molecule has 0 fully saturated rings. The minimum absolute atomic E-state index is 0.149. The molecule has 0 aliphatic heterocycles. The zero-order valence-electron chi connectivity index (χ0n) is 14.9. The number of hydrogen-bond acceptors (Lipinski definition) is 4. The van der Waals surface area contributed by atoms with Crippen molar-refractivity contribution in [2.24, 2.45) is 0 Å². The van der Waals surface area contributed by atoms with Gasteiger partial charge in [0.1, 0.15) is 17.1 Å². The first kappa shape index (κ1) is 17.7. The molecule has 0 bridgehead atoms. The van der Waals surface area contributed by atoms with Gasteiger partial charge in [0, 0.05) is 5.39 Å². The van der Waals surface area contributed by atoms with Gasteiger partial charge >= 0.3 is 11.6 Å². The average molecular weight is 374 g/mol. The highest BCUT2D eigenvalue weighted by Gasteiger charge is 2.16. The Hall–Kier alpha value is -3.73. The summed E-state index contributed by atoms with van der Waals surface area (Å²) in [6, 6.07) is 19.5. The Kier molecular flexibility index (Phi) is 4.49. The lowest BCUT2D eigenvalue weighted by Crippen LogP contribution is -2.11. The first-order valence-electron chi connectivity index (χ1n) is 8.64. The van der Waals surface area contributed by atoms with Gasteiger partial charge in [-0.05, 0) is 48.4 Å². The Morgan fingerprint density at radius 2 is 1.68 bits per heavy atom. The van der Waals surface area contributed by atoms with Crippen LogP contribution in [0.2, 0.25) is 0 Å². The number of esters is 1. The van der Waals surface area contributed by atoms with Crippen molar-refractivity contribution in [3.05, 3.63) is 100 Å². The van der Waals surface area contributed by atoms with E-state index in [0.717, 1.165) is 5.56 Å². The first-order chi connectivity index (χ1) is 13.5. The molecule has 0 atom stereocenters. The molecule has 4 nitrogen and oxygen atoms in total. The predicted molar refractivity (Wildman–Crippen MR) is 104 cm³/mol. The molecular formula is C23H15FO4. The van der Waals surface area contributed by atoms with Gasteiger partial charge < -0.3 is 9.15 Å². The topological polar surface area (TPSA) is 56.5 Å². The number of hydrogen-bond donors (Lipinski definition) is 0. The standard InChI is InChI=1S/C23H15FO4/c1-14-18-13-16(27-22(25)17-9-5-6-10-19(17)24)11-12-20(18)28-23(26)21(14)15-7-3-2-4-8-15/h2-13H,1H3. The van der Waals surface area contributed by atoms with E-state index in [4.69, 9.17) is 9.15 Å². The first-order valence-corrected chi connectivity index (χ1v) is 8.64. The van der Waals surface area contributed by atoms with Crippen molar-refractivity contribution in [3.8, 4) is 16.9 Å². The molecule has 1 heterocycles. The minimum atomic E-state index is -0.796. The van der Waals surface area contributed by atoms with E-state index in [0.29, 0.717) is 22.1 Å². The van der Waals surface area contributed by atoms with Crippen LogP contribution in [0.3, 0.4) is 0 Å². The van der Waals surface area contributed by atoms with Crippen molar-refractivity contribution in [2.75, 3.05) is 0 Å². The molecule has 0 amide bonds. The molecule has 0 N–H and O–H groups in total. The molecule has 28 heavy (non-hydrogen) atoms. The molecule has 0 aliphatic rings. The Labute approximate surface area is 159 Å². The van der Waals surface area contributed by atoms with Crippen LogP contribution < -0.4 is 10.4 Å². The molecule has 1 aromatic heterocycles. The maximum atomic E-state index is 13.8. The van der Waals surface area contributed by atoms with E-state index in [1.807, 2.05) is 37.3 Å². The Bertz CT molecular complexity index is 1240. The summed E-state index contributed by atoms with van der Waals surface area (Å²) in [4.78, 5) is 24.7. The Morgan fingerprint density at radius 1 is 0.964 bits per heavy atom. The number of rotatable bonds is 3. The van der Waals surface area contributed by atoms with Crippen LogP contribution in [0, 0.1) is 12.7 Å². The third-order valence-corrected chi connectivity index (χ3v) is 4.50. The summed E-state index contributed by atoms with van der Waals surface area (Å²) in [6.45, 7) is 1.81. The fraction of sp³-hybridized carbons (Fsp3) is 0.0435. The van der Waals surface area contributed by atoms with Gasteiger partial charge in [-0.1, -0.05) is 42.5 Å². The average Bonchev–Trinajstić information content (AvgIpc) is 2.69. The third-order valence-electron chi connectivity index (χ3n) is 4.50. The fourth-order valence-electron chi connectivity index (χ4n) is 3.12. The largest absolute Gasteiger partial charge is 0.423 e. The zero-order valence-corrected chi connectivity index (χ0v) is 14.9. The van der Waals surface area contributed by atoms with Crippen molar-refractivity contribution in [1.29, 1.82) is 0 Å². The van der Waals surface area contributed by atoms with Gasteiger partial charge in [0.05, 0.1) is 11.1 Å². The lowest BCUT2D eigenvalue weighted by atomic mass is 9.99. The summed E-state index contributed by atoms with van der Waals surface area (Å²) >= 11 is 0. The van der Waals surface area contributed by atoms with Crippen molar-refractivity contribution >= 4 is 16.9 Å². The van der Waals surface area contributed by atoms with Gasteiger partial charge in [-0.15, -0.1) is 0 Å². The summed E-state index contributed by atoms with van der Waals surface area (Å²) in [6.07, 6.45) is 0. The SMILES string of the molecule is Cc1c(-c2ccccc2)c(=O)oc2ccc(OC(=O)c3ccccc3F)cc12. The van der Waals surface area contributed by atoms with Gasteiger partial charge in [-0.25, -0.2) is 14.0 Å². The van der Waals surface area contributed by atoms with Crippen molar-refractivity contribution in [3.63, 3.8) is 0 Å². The molecular weight excluding hydrogens is 359 g/mol. The molecule has 0 radical (unpaired) electrons. The molecule has 4 aromatic rings. The summed E-state index contributed by atoms with van der Waals surface area (Å²) in [5.74, 6) is -1.21. The molecule has 0 aliphatic carbocycles. The van der Waals surface area contributed by atoms with Gasteiger partial charge in [0.25, 0.3) is 0 Å². The number of aryl methyl sites for hydroxylation is 1. The van der Waals surface area contributed by atoms with Crippen molar-refractivity contribution in [1.82, 2.24) is 0 Å². The van der Waals surface area contributed by atoms with E-state index < -0.39 is 17.4 Å². The van der Waals surface area contributed by atoms with E-state index in [9.17, 15) is 14.0 Å². The second-order valence-electron chi connectivity index (χ2n) is 6.28. The van der Waals surface area contributed by atoms with Crippen LogP contribution in [-0.2, 0) is 0 Å². The molecule has 3 aromatic carbocycles. The van der Waals surface area contributed by atoms with Crippen molar-refractivity contribution in [2.45, 2.75) is 6.92 Å². The second kappa shape index (κ2) is 7.12. The van der Waals surface area contributed by atoms with Gasteiger partial charge in [-0.2, -0.15) is 0 Å². The molecule has 4 rings (SSSR count). The molecule has 5 heteroatoms. The van der Waals surface area contributed by atoms with Crippen LogP contribution in [0.5, 0.6) is 5.75 Å². The van der Waals surface area contributed by atoms with E-state index >= 15 is 0 Å². The van der Waals surface area contributed by atoms with Crippen molar-refractivity contribution < 1.29 is 18.3 Å². The molecule has 0 unspecified atom stereocenters.